The molecule has 1 atom stereocenters. The van der Waals surface area contributed by atoms with Gasteiger partial charge in [0.25, 0.3) is 0 Å². The second kappa shape index (κ2) is 6.45. The Morgan fingerprint density at radius 2 is 2.04 bits per heavy atom. The highest BCUT2D eigenvalue weighted by molar-refractivity contribution is 5.80. The second-order valence-electron chi connectivity index (χ2n) is 7.38. The minimum atomic E-state index is -0.424. The normalized spacial score (nSPS) is 18.2. The Bertz CT molecular complexity index is 1200. The van der Waals surface area contributed by atoms with Crippen LogP contribution in [0.3, 0.4) is 0 Å². The Kier molecular flexibility index (Phi) is 3.91. The number of likely N-dealkylation sites (N-methyl/N-ethyl adjacent to an activating group) is 1. The molecule has 0 radical (unpaired) electrons. The summed E-state index contributed by atoms with van der Waals surface area (Å²) in [7, 11) is 2.13. The molecular weight excluding hydrogens is 354 g/mol. The van der Waals surface area contributed by atoms with Crippen LogP contribution in [0.2, 0.25) is 0 Å². The number of hydrogen-bond acceptors (Lipinski definition) is 6. The molecule has 1 aliphatic heterocycles. The molecule has 0 aromatic carbocycles. The van der Waals surface area contributed by atoms with E-state index in [1.54, 1.807) is 0 Å². The van der Waals surface area contributed by atoms with E-state index in [1.165, 1.54) is 0 Å². The van der Waals surface area contributed by atoms with Gasteiger partial charge in [-0.1, -0.05) is 6.07 Å². The molecule has 0 N–H and O–H groups in total. The molecule has 0 aliphatic carbocycles. The minimum Gasteiger partial charge on any atom is -0.403 e. The summed E-state index contributed by atoms with van der Waals surface area (Å²) in [5, 5.41) is 0.789. The third-order valence-electron chi connectivity index (χ3n) is 5.51. The molecule has 1 aliphatic rings. The summed E-state index contributed by atoms with van der Waals surface area (Å²) in [6.07, 6.45) is 3.74. The lowest BCUT2D eigenvalue weighted by molar-refractivity contribution is 0.233. The first-order chi connectivity index (χ1) is 13.6. The van der Waals surface area contributed by atoms with Crippen LogP contribution < -0.4 is 10.5 Å². The van der Waals surface area contributed by atoms with Crippen molar-refractivity contribution in [2.75, 3.05) is 31.6 Å². The van der Waals surface area contributed by atoms with E-state index in [-0.39, 0.29) is 0 Å². The lowest BCUT2D eigenvalue weighted by Crippen LogP contribution is -2.50. The van der Waals surface area contributed by atoms with E-state index in [2.05, 4.69) is 33.7 Å². The lowest BCUT2D eigenvalue weighted by atomic mass is 10.1. The van der Waals surface area contributed by atoms with Gasteiger partial charge in [0, 0.05) is 43.5 Å². The molecule has 1 fully saturated rings. The lowest BCUT2D eigenvalue weighted by Gasteiger charge is -2.38. The highest BCUT2D eigenvalue weighted by Gasteiger charge is 2.22. The Hall–Kier alpha value is -3.19. The van der Waals surface area contributed by atoms with Crippen molar-refractivity contribution in [2.45, 2.75) is 13.0 Å². The van der Waals surface area contributed by atoms with E-state index in [0.29, 0.717) is 23.0 Å². The average Bonchev–Trinajstić information content (AvgIpc) is 3.13. The molecule has 5 heterocycles. The topological polar surface area (TPSA) is 66.9 Å². The SMILES string of the molecule is CC1CN(c2ccc3cc(-c4cn5ccccc5n4)c(=O)oc3n2)CCN1C. The summed E-state index contributed by atoms with van der Waals surface area (Å²) in [4.78, 5) is 26.3. The molecule has 0 saturated carbocycles. The van der Waals surface area contributed by atoms with Gasteiger partial charge in [-0.2, -0.15) is 4.98 Å². The van der Waals surface area contributed by atoms with Crippen LogP contribution >= 0.6 is 0 Å². The predicted octanol–water partition coefficient (Wildman–Crippen LogP) is 2.64. The van der Waals surface area contributed by atoms with E-state index in [1.807, 2.05) is 53.2 Å². The average molecular weight is 375 g/mol. The second-order valence-corrected chi connectivity index (χ2v) is 7.38. The quantitative estimate of drug-likeness (QED) is 0.537. The van der Waals surface area contributed by atoms with Crippen LogP contribution in [0.4, 0.5) is 5.82 Å². The van der Waals surface area contributed by atoms with Gasteiger partial charge in [-0.15, -0.1) is 0 Å². The molecule has 5 rings (SSSR count). The fourth-order valence-corrected chi connectivity index (χ4v) is 3.67. The molecule has 7 heteroatoms. The van der Waals surface area contributed by atoms with Crippen molar-refractivity contribution in [3.05, 3.63) is 59.2 Å². The molecule has 0 bridgehead atoms. The molecule has 0 amide bonds. The number of pyridine rings is 2. The molecule has 28 heavy (non-hydrogen) atoms. The van der Waals surface area contributed by atoms with Crippen molar-refractivity contribution in [3.63, 3.8) is 0 Å². The summed E-state index contributed by atoms with van der Waals surface area (Å²) in [6.45, 7) is 4.99. The Labute approximate surface area is 161 Å². The smallest absolute Gasteiger partial charge is 0.347 e. The molecule has 1 saturated heterocycles. The van der Waals surface area contributed by atoms with Gasteiger partial charge < -0.3 is 18.6 Å². The van der Waals surface area contributed by atoms with Gasteiger partial charge in [-0.3, -0.25) is 0 Å². The van der Waals surface area contributed by atoms with Gasteiger partial charge in [0.05, 0.1) is 11.3 Å². The number of imidazole rings is 1. The largest absolute Gasteiger partial charge is 0.403 e. The summed E-state index contributed by atoms with van der Waals surface area (Å²) < 4.78 is 7.45. The van der Waals surface area contributed by atoms with Crippen molar-refractivity contribution < 1.29 is 4.42 Å². The first-order valence-electron chi connectivity index (χ1n) is 9.43. The van der Waals surface area contributed by atoms with Crippen LogP contribution in [0.15, 0.2) is 58.0 Å². The Morgan fingerprint density at radius 3 is 2.86 bits per heavy atom. The third-order valence-corrected chi connectivity index (χ3v) is 5.51. The predicted molar refractivity (Wildman–Crippen MR) is 109 cm³/mol. The van der Waals surface area contributed by atoms with Crippen LogP contribution in [-0.2, 0) is 0 Å². The zero-order valence-corrected chi connectivity index (χ0v) is 15.9. The number of hydrogen-bond donors (Lipinski definition) is 0. The van der Waals surface area contributed by atoms with Crippen LogP contribution in [0, 0.1) is 0 Å². The van der Waals surface area contributed by atoms with Gasteiger partial charge in [0.15, 0.2) is 0 Å². The van der Waals surface area contributed by atoms with Gasteiger partial charge >= 0.3 is 5.63 Å². The number of fused-ring (bicyclic) bond motifs is 2. The maximum atomic E-state index is 12.6. The summed E-state index contributed by atoms with van der Waals surface area (Å²) >= 11 is 0. The highest BCUT2D eigenvalue weighted by Crippen LogP contribution is 2.23. The molecule has 142 valence electrons. The van der Waals surface area contributed by atoms with Crippen molar-refractivity contribution in [1.82, 2.24) is 19.3 Å². The van der Waals surface area contributed by atoms with E-state index in [9.17, 15) is 4.79 Å². The standard InChI is InChI=1S/C21H21N5O2/c1-14-12-26(10-9-24(14)2)19-7-6-15-11-16(21(27)28-20(15)23-19)17-13-25-8-4-3-5-18(25)22-17/h3-8,11,13-14H,9-10,12H2,1-2H3. The van der Waals surface area contributed by atoms with Crippen molar-refractivity contribution in [3.8, 4) is 11.3 Å². The Morgan fingerprint density at radius 1 is 1.14 bits per heavy atom. The number of rotatable bonds is 2. The fraction of sp³-hybridized carbons (Fsp3) is 0.286. The summed E-state index contributed by atoms with van der Waals surface area (Å²) in [5.41, 5.74) is 1.77. The molecule has 4 aromatic rings. The van der Waals surface area contributed by atoms with Crippen LogP contribution in [-0.4, -0.2) is 52.0 Å². The Balaban J connectivity index is 1.54. The van der Waals surface area contributed by atoms with Gasteiger partial charge in [0.1, 0.15) is 11.5 Å². The van der Waals surface area contributed by atoms with Crippen LogP contribution in [0.5, 0.6) is 0 Å². The van der Waals surface area contributed by atoms with Crippen molar-refractivity contribution in [2.24, 2.45) is 0 Å². The van der Waals surface area contributed by atoms with Gasteiger partial charge in [-0.05, 0) is 44.3 Å². The maximum Gasteiger partial charge on any atom is 0.347 e. The van der Waals surface area contributed by atoms with E-state index < -0.39 is 5.63 Å². The monoisotopic (exact) mass is 375 g/mol. The number of nitrogens with zero attached hydrogens (tertiary/aromatic N) is 5. The van der Waals surface area contributed by atoms with E-state index in [4.69, 9.17) is 4.42 Å². The maximum absolute atomic E-state index is 12.6. The van der Waals surface area contributed by atoms with Crippen LogP contribution in [0.25, 0.3) is 28.0 Å². The fourth-order valence-electron chi connectivity index (χ4n) is 3.67. The van der Waals surface area contributed by atoms with Crippen molar-refractivity contribution in [1.29, 1.82) is 0 Å². The molecule has 0 spiro atoms. The van der Waals surface area contributed by atoms with Gasteiger partial charge in [0.2, 0.25) is 5.71 Å². The van der Waals surface area contributed by atoms with E-state index in [0.717, 1.165) is 36.5 Å². The van der Waals surface area contributed by atoms with E-state index >= 15 is 0 Å². The zero-order chi connectivity index (χ0) is 19.3. The zero-order valence-electron chi connectivity index (χ0n) is 15.9. The van der Waals surface area contributed by atoms with Crippen molar-refractivity contribution >= 4 is 22.6 Å². The minimum absolute atomic E-state index is 0.363. The summed E-state index contributed by atoms with van der Waals surface area (Å²) in [5.74, 6) is 0.844. The highest BCUT2D eigenvalue weighted by atomic mass is 16.4. The number of piperazine rings is 1. The number of anilines is 1. The number of aromatic nitrogens is 3. The third kappa shape index (κ3) is 2.84. The first-order valence-corrected chi connectivity index (χ1v) is 9.43. The summed E-state index contributed by atoms with van der Waals surface area (Å²) in [6, 6.07) is 12.0. The molecule has 1 unspecified atom stereocenters. The van der Waals surface area contributed by atoms with Crippen LogP contribution in [0.1, 0.15) is 6.92 Å². The molecule has 7 nitrogen and oxygen atoms in total. The molecular formula is C21H21N5O2. The first kappa shape index (κ1) is 16.9. The van der Waals surface area contributed by atoms with Gasteiger partial charge in [-0.25, -0.2) is 9.78 Å². The molecule has 4 aromatic heterocycles.